The highest BCUT2D eigenvalue weighted by molar-refractivity contribution is 5.79. The van der Waals surface area contributed by atoms with Crippen molar-refractivity contribution < 1.29 is 4.79 Å². The predicted octanol–water partition coefficient (Wildman–Crippen LogP) is 2.69. The van der Waals surface area contributed by atoms with Crippen molar-refractivity contribution in [2.75, 3.05) is 13.1 Å². The van der Waals surface area contributed by atoms with Gasteiger partial charge in [0.2, 0.25) is 5.91 Å². The van der Waals surface area contributed by atoms with E-state index in [0.29, 0.717) is 24.4 Å². The molecule has 2 saturated carbocycles. The zero-order valence-corrected chi connectivity index (χ0v) is 11.6. The van der Waals surface area contributed by atoms with Crippen LogP contribution in [-0.4, -0.2) is 29.9 Å². The molecule has 0 unspecified atom stereocenters. The molecule has 1 amide bonds. The number of amides is 1. The third kappa shape index (κ3) is 3.47. The van der Waals surface area contributed by atoms with Crippen molar-refractivity contribution in [1.82, 2.24) is 4.90 Å². The number of nitrogens with two attached hydrogens (primary N) is 1. The smallest absolute Gasteiger partial charge is 0.225 e. The molecule has 0 spiro atoms. The minimum absolute atomic E-state index is 0.339. The van der Waals surface area contributed by atoms with E-state index in [1.165, 1.54) is 44.9 Å². The van der Waals surface area contributed by atoms with E-state index < -0.39 is 0 Å². The number of carbonyl (C=O) groups is 1. The minimum atomic E-state index is 0.339. The SMILES string of the molecule is NCCCN(C(=O)C1CCC1)C1CCCCCC1. The summed E-state index contributed by atoms with van der Waals surface area (Å²) in [6.45, 7) is 1.58. The Hall–Kier alpha value is -0.570. The first-order valence-electron chi connectivity index (χ1n) is 7.83. The third-order valence-electron chi connectivity index (χ3n) is 4.61. The fraction of sp³-hybridized carbons (Fsp3) is 0.933. The summed E-state index contributed by atoms with van der Waals surface area (Å²) in [5.74, 6) is 0.771. The second-order valence-corrected chi connectivity index (χ2v) is 5.95. The van der Waals surface area contributed by atoms with Crippen LogP contribution in [0.1, 0.15) is 64.2 Å². The maximum absolute atomic E-state index is 12.5. The maximum Gasteiger partial charge on any atom is 0.225 e. The molecular formula is C15H28N2O. The predicted molar refractivity (Wildman–Crippen MR) is 74.2 cm³/mol. The van der Waals surface area contributed by atoms with E-state index in [4.69, 9.17) is 5.73 Å². The van der Waals surface area contributed by atoms with Crippen LogP contribution in [-0.2, 0) is 4.79 Å². The molecule has 0 aromatic rings. The molecular weight excluding hydrogens is 224 g/mol. The van der Waals surface area contributed by atoms with E-state index in [1.807, 2.05) is 0 Å². The van der Waals surface area contributed by atoms with Gasteiger partial charge in [-0.25, -0.2) is 0 Å². The molecule has 2 aliphatic carbocycles. The summed E-state index contributed by atoms with van der Waals surface area (Å²) < 4.78 is 0. The minimum Gasteiger partial charge on any atom is -0.339 e. The second-order valence-electron chi connectivity index (χ2n) is 5.95. The van der Waals surface area contributed by atoms with Crippen LogP contribution in [0.3, 0.4) is 0 Å². The highest BCUT2D eigenvalue weighted by Crippen LogP contribution is 2.31. The van der Waals surface area contributed by atoms with Crippen molar-refractivity contribution in [3.63, 3.8) is 0 Å². The van der Waals surface area contributed by atoms with Crippen LogP contribution in [0.4, 0.5) is 0 Å². The van der Waals surface area contributed by atoms with Crippen molar-refractivity contribution in [3.8, 4) is 0 Å². The third-order valence-corrected chi connectivity index (χ3v) is 4.61. The van der Waals surface area contributed by atoms with Crippen LogP contribution in [0.5, 0.6) is 0 Å². The zero-order valence-electron chi connectivity index (χ0n) is 11.6. The molecule has 2 fully saturated rings. The van der Waals surface area contributed by atoms with E-state index in [1.54, 1.807) is 0 Å². The Morgan fingerprint density at radius 3 is 2.17 bits per heavy atom. The summed E-state index contributed by atoms with van der Waals surface area (Å²) in [5, 5.41) is 0. The maximum atomic E-state index is 12.5. The first kappa shape index (κ1) is 13.9. The van der Waals surface area contributed by atoms with Gasteiger partial charge in [-0.05, 0) is 38.6 Å². The van der Waals surface area contributed by atoms with Gasteiger partial charge in [0.05, 0.1) is 0 Å². The first-order chi connectivity index (χ1) is 8.83. The highest BCUT2D eigenvalue weighted by Gasteiger charge is 2.32. The number of hydrogen-bond acceptors (Lipinski definition) is 2. The average Bonchev–Trinajstić information content (AvgIpc) is 2.56. The van der Waals surface area contributed by atoms with Gasteiger partial charge in [0.1, 0.15) is 0 Å². The summed E-state index contributed by atoms with van der Waals surface area (Å²) in [7, 11) is 0. The Labute approximate surface area is 111 Å². The fourth-order valence-electron chi connectivity index (χ4n) is 3.19. The summed E-state index contributed by atoms with van der Waals surface area (Å²) >= 11 is 0. The molecule has 3 heteroatoms. The Morgan fingerprint density at radius 2 is 1.67 bits per heavy atom. The van der Waals surface area contributed by atoms with Gasteiger partial charge in [0.15, 0.2) is 0 Å². The molecule has 0 aliphatic heterocycles. The van der Waals surface area contributed by atoms with Gasteiger partial charge in [-0.2, -0.15) is 0 Å². The van der Waals surface area contributed by atoms with Crippen LogP contribution in [0.25, 0.3) is 0 Å². The molecule has 18 heavy (non-hydrogen) atoms. The molecule has 0 heterocycles. The molecule has 0 saturated heterocycles. The monoisotopic (exact) mass is 252 g/mol. The Balaban J connectivity index is 1.95. The molecule has 3 nitrogen and oxygen atoms in total. The van der Waals surface area contributed by atoms with Crippen LogP contribution in [0.2, 0.25) is 0 Å². The number of nitrogens with zero attached hydrogens (tertiary/aromatic N) is 1. The fourth-order valence-corrected chi connectivity index (χ4v) is 3.19. The Kier molecular flexibility index (Phi) is 5.48. The summed E-state index contributed by atoms with van der Waals surface area (Å²) in [6.07, 6.45) is 12.1. The lowest BCUT2D eigenvalue weighted by molar-refractivity contribution is -0.141. The Morgan fingerprint density at radius 1 is 1.00 bits per heavy atom. The standard InChI is InChI=1S/C15H28N2O/c16-11-6-12-17(15(18)13-7-5-8-13)14-9-3-1-2-4-10-14/h13-14H,1-12,16H2. The quantitative estimate of drug-likeness (QED) is 0.765. The van der Waals surface area contributed by atoms with Gasteiger partial charge in [-0.1, -0.05) is 32.1 Å². The van der Waals surface area contributed by atoms with Crippen LogP contribution in [0.15, 0.2) is 0 Å². The van der Waals surface area contributed by atoms with E-state index in [-0.39, 0.29) is 0 Å². The van der Waals surface area contributed by atoms with Gasteiger partial charge < -0.3 is 10.6 Å². The second kappa shape index (κ2) is 7.13. The average molecular weight is 252 g/mol. The van der Waals surface area contributed by atoms with Crippen molar-refractivity contribution in [2.24, 2.45) is 11.7 Å². The molecule has 0 aromatic heterocycles. The first-order valence-corrected chi connectivity index (χ1v) is 7.83. The van der Waals surface area contributed by atoms with E-state index >= 15 is 0 Å². The van der Waals surface area contributed by atoms with Gasteiger partial charge in [-0.3, -0.25) is 4.79 Å². The summed E-state index contributed by atoms with van der Waals surface area (Å²) in [5.41, 5.74) is 5.62. The lowest BCUT2D eigenvalue weighted by Gasteiger charge is -2.37. The number of hydrogen-bond donors (Lipinski definition) is 1. The van der Waals surface area contributed by atoms with Crippen molar-refractivity contribution in [2.45, 2.75) is 70.3 Å². The highest BCUT2D eigenvalue weighted by atomic mass is 16.2. The van der Waals surface area contributed by atoms with Gasteiger partial charge in [0.25, 0.3) is 0 Å². The van der Waals surface area contributed by atoms with Gasteiger partial charge >= 0.3 is 0 Å². The summed E-state index contributed by atoms with van der Waals surface area (Å²) in [4.78, 5) is 14.7. The Bertz CT molecular complexity index is 255. The van der Waals surface area contributed by atoms with Crippen LogP contribution >= 0.6 is 0 Å². The molecule has 0 radical (unpaired) electrons. The van der Waals surface area contributed by atoms with Crippen molar-refractivity contribution in [1.29, 1.82) is 0 Å². The lowest BCUT2D eigenvalue weighted by Crippen LogP contribution is -2.46. The normalized spacial score (nSPS) is 22.3. The number of rotatable bonds is 5. The molecule has 2 rings (SSSR count). The largest absolute Gasteiger partial charge is 0.339 e. The summed E-state index contributed by atoms with van der Waals surface area (Å²) in [6, 6.07) is 0.507. The molecule has 0 bridgehead atoms. The molecule has 2 N–H and O–H groups in total. The van der Waals surface area contributed by atoms with E-state index in [9.17, 15) is 4.79 Å². The molecule has 0 atom stereocenters. The van der Waals surface area contributed by atoms with Crippen LogP contribution < -0.4 is 5.73 Å². The molecule has 104 valence electrons. The van der Waals surface area contributed by atoms with E-state index in [2.05, 4.69) is 4.90 Å². The van der Waals surface area contributed by atoms with Gasteiger partial charge in [-0.15, -0.1) is 0 Å². The van der Waals surface area contributed by atoms with Crippen molar-refractivity contribution in [3.05, 3.63) is 0 Å². The van der Waals surface area contributed by atoms with Crippen LogP contribution in [0, 0.1) is 5.92 Å². The molecule has 2 aliphatic rings. The van der Waals surface area contributed by atoms with Gasteiger partial charge in [0, 0.05) is 18.5 Å². The topological polar surface area (TPSA) is 46.3 Å². The molecule has 0 aromatic carbocycles. The van der Waals surface area contributed by atoms with Crippen molar-refractivity contribution >= 4 is 5.91 Å². The van der Waals surface area contributed by atoms with E-state index in [0.717, 1.165) is 25.8 Å². The number of carbonyl (C=O) groups excluding carboxylic acids is 1. The zero-order chi connectivity index (χ0) is 12.8. The lowest BCUT2D eigenvalue weighted by atomic mass is 9.83.